The predicted octanol–water partition coefficient (Wildman–Crippen LogP) is -3.56. The summed E-state index contributed by atoms with van der Waals surface area (Å²) in [7, 11) is 0. The maximum absolute atomic E-state index is 10.8. The summed E-state index contributed by atoms with van der Waals surface area (Å²) in [6, 6.07) is 0. The van der Waals surface area contributed by atoms with Gasteiger partial charge in [-0.05, 0) is 0 Å². The molecule has 0 radical (unpaired) electrons. The first-order chi connectivity index (χ1) is 7.19. The summed E-state index contributed by atoms with van der Waals surface area (Å²) in [4.78, 5) is 42.3. The maximum atomic E-state index is 10.8. The summed E-state index contributed by atoms with van der Waals surface area (Å²) in [5, 5.41) is 25.7. The van der Waals surface area contributed by atoms with Crippen LogP contribution in [0.15, 0.2) is 0 Å². The molecule has 0 fully saturated rings. The second kappa shape index (κ2) is 7.77. The zero-order valence-corrected chi connectivity index (χ0v) is 12.4. The van der Waals surface area contributed by atoms with Crippen LogP contribution >= 0.6 is 0 Å². The molecule has 0 saturated heterocycles. The average molecular weight is 274 g/mol. The Kier molecular flexibility index (Phi) is 8.62. The first kappa shape index (κ1) is 18.9. The van der Waals surface area contributed by atoms with E-state index < -0.39 is 42.3 Å². The van der Waals surface area contributed by atoms with Gasteiger partial charge in [-0.2, -0.15) is 0 Å². The summed E-state index contributed by atoms with van der Waals surface area (Å²) < 4.78 is 4.32. The zero-order chi connectivity index (χ0) is 12.9. The van der Waals surface area contributed by atoms with E-state index in [9.17, 15) is 19.2 Å². The molecule has 0 aromatic rings. The van der Waals surface area contributed by atoms with Crippen molar-refractivity contribution >= 4 is 23.9 Å². The van der Waals surface area contributed by atoms with Crippen molar-refractivity contribution in [3.8, 4) is 0 Å². The summed E-state index contributed by atoms with van der Waals surface area (Å²) in [5.41, 5.74) is -2.57. The van der Waals surface area contributed by atoms with Gasteiger partial charge in [0.1, 0.15) is 0 Å². The molecule has 0 aliphatic rings. The van der Waals surface area contributed by atoms with Crippen LogP contribution in [-0.4, -0.2) is 44.8 Å². The third-order valence-electron chi connectivity index (χ3n) is 1.60. The summed E-state index contributed by atoms with van der Waals surface area (Å²) in [6.45, 7) is 0.862. The largest absolute Gasteiger partial charge is 1.00 e. The Balaban J connectivity index is -0.00000112. The first-order valence-corrected chi connectivity index (χ1v) is 4.06. The fraction of sp³-hybridized carbons (Fsp3) is 0.500. The van der Waals surface area contributed by atoms with Crippen LogP contribution in [0.3, 0.4) is 0 Å². The topological polar surface area (TPSA) is 138 Å². The van der Waals surface area contributed by atoms with Gasteiger partial charge in [-0.15, -0.1) is 0 Å². The van der Waals surface area contributed by atoms with Crippen molar-refractivity contribution in [2.24, 2.45) is 0 Å². The van der Waals surface area contributed by atoms with Gasteiger partial charge in [0, 0.05) is 6.92 Å². The van der Waals surface area contributed by atoms with Crippen LogP contribution in [0.25, 0.3) is 0 Å². The van der Waals surface area contributed by atoms with Crippen molar-refractivity contribution in [3.63, 3.8) is 0 Å². The van der Waals surface area contributed by atoms with E-state index in [0.717, 1.165) is 6.92 Å². The van der Waals surface area contributed by atoms with Crippen molar-refractivity contribution in [1.82, 2.24) is 0 Å². The minimum atomic E-state index is -2.57. The standard InChI is InChI=1S/C8H10O8.K.H/c1-4(9)16-8(7(14)15,2-5(10)11)3-6(12)13;;/h2-3H2,1H3,(H,10,11)(H,12,13)(H,14,15);;/q;+1;-1. The number of rotatable bonds is 6. The summed E-state index contributed by atoms with van der Waals surface area (Å²) >= 11 is 0. The number of hydrogen-bond donors (Lipinski definition) is 3. The molecule has 0 aliphatic heterocycles. The molecule has 0 heterocycles. The minimum absolute atomic E-state index is 0. The van der Waals surface area contributed by atoms with Crippen molar-refractivity contribution in [2.75, 3.05) is 0 Å². The molecule has 0 rings (SSSR count). The van der Waals surface area contributed by atoms with Crippen LogP contribution in [0, 0.1) is 0 Å². The Bertz CT molecular complexity index is 301. The molecule has 0 unspecified atom stereocenters. The van der Waals surface area contributed by atoms with Crippen LogP contribution in [0.4, 0.5) is 0 Å². The normalized spacial score (nSPS) is 9.94. The maximum Gasteiger partial charge on any atom is 1.00 e. The molecule has 0 spiro atoms. The van der Waals surface area contributed by atoms with Gasteiger partial charge >= 0.3 is 75.3 Å². The molecule has 0 atom stereocenters. The van der Waals surface area contributed by atoms with Crippen molar-refractivity contribution < 1.29 is 92.0 Å². The third kappa shape index (κ3) is 6.73. The molecule has 92 valence electrons. The summed E-state index contributed by atoms with van der Waals surface area (Å²) in [5.74, 6) is -6.03. The van der Waals surface area contributed by atoms with Crippen LogP contribution in [-0.2, 0) is 23.9 Å². The number of esters is 1. The van der Waals surface area contributed by atoms with Gasteiger partial charge in [0.2, 0.25) is 5.60 Å². The fourth-order valence-corrected chi connectivity index (χ4v) is 1.09. The SMILES string of the molecule is CC(=O)OC(CC(=O)O)(CC(=O)O)C(=O)O.[H-].[K+]. The van der Waals surface area contributed by atoms with Gasteiger partial charge in [-0.1, -0.05) is 0 Å². The molecule has 0 amide bonds. The molecule has 3 N–H and O–H groups in total. The van der Waals surface area contributed by atoms with Gasteiger partial charge in [0.05, 0.1) is 12.8 Å². The number of carbonyl (C=O) groups is 4. The molecule has 17 heavy (non-hydrogen) atoms. The monoisotopic (exact) mass is 274 g/mol. The molecule has 8 nitrogen and oxygen atoms in total. The van der Waals surface area contributed by atoms with Gasteiger partial charge in [0.15, 0.2) is 0 Å². The molecule has 0 aromatic carbocycles. The second-order valence-electron chi connectivity index (χ2n) is 3.03. The van der Waals surface area contributed by atoms with E-state index in [-0.39, 0.29) is 52.8 Å². The summed E-state index contributed by atoms with van der Waals surface area (Å²) in [6.07, 6.45) is -2.23. The number of ether oxygens (including phenoxy) is 1. The number of hydrogen-bond acceptors (Lipinski definition) is 5. The number of carboxylic acids is 3. The van der Waals surface area contributed by atoms with E-state index in [1.165, 1.54) is 0 Å². The molecular weight excluding hydrogens is 263 g/mol. The van der Waals surface area contributed by atoms with Crippen LogP contribution < -0.4 is 51.4 Å². The van der Waals surface area contributed by atoms with Gasteiger partial charge in [-0.3, -0.25) is 14.4 Å². The third-order valence-corrected chi connectivity index (χ3v) is 1.60. The molecule has 9 heteroatoms. The minimum Gasteiger partial charge on any atom is -1.00 e. The predicted molar refractivity (Wildman–Crippen MR) is 47.8 cm³/mol. The van der Waals surface area contributed by atoms with E-state index in [2.05, 4.69) is 4.74 Å². The Morgan fingerprint density at radius 1 is 1.06 bits per heavy atom. The van der Waals surface area contributed by atoms with Crippen LogP contribution in [0.2, 0.25) is 0 Å². The van der Waals surface area contributed by atoms with E-state index in [1.807, 2.05) is 0 Å². The van der Waals surface area contributed by atoms with E-state index in [4.69, 9.17) is 15.3 Å². The number of carbonyl (C=O) groups excluding carboxylic acids is 1. The van der Waals surface area contributed by atoms with E-state index in [0.29, 0.717) is 0 Å². The Morgan fingerprint density at radius 3 is 1.59 bits per heavy atom. The van der Waals surface area contributed by atoms with E-state index >= 15 is 0 Å². The smallest absolute Gasteiger partial charge is 1.00 e. The van der Waals surface area contributed by atoms with Crippen molar-refractivity contribution in [1.29, 1.82) is 0 Å². The van der Waals surface area contributed by atoms with Crippen molar-refractivity contribution in [3.05, 3.63) is 0 Å². The van der Waals surface area contributed by atoms with Crippen LogP contribution in [0.5, 0.6) is 0 Å². The molecule has 0 saturated carbocycles. The van der Waals surface area contributed by atoms with Gasteiger partial charge in [-0.25, -0.2) is 4.79 Å². The second-order valence-corrected chi connectivity index (χ2v) is 3.03. The Hall–Kier alpha value is -0.484. The van der Waals surface area contributed by atoms with Crippen molar-refractivity contribution in [2.45, 2.75) is 25.4 Å². The van der Waals surface area contributed by atoms with Gasteiger partial charge in [0.25, 0.3) is 0 Å². The fourth-order valence-electron chi connectivity index (χ4n) is 1.09. The molecule has 0 aromatic heterocycles. The van der Waals surface area contributed by atoms with Crippen LogP contribution in [0.1, 0.15) is 21.2 Å². The zero-order valence-electron chi connectivity index (χ0n) is 10.3. The molecule has 0 aliphatic carbocycles. The molecular formula is C8H11KO8. The van der Waals surface area contributed by atoms with Gasteiger partial charge < -0.3 is 21.5 Å². The Labute approximate surface area is 140 Å². The average Bonchev–Trinajstić information content (AvgIpc) is 1.98. The molecule has 0 bridgehead atoms. The number of aliphatic carboxylic acids is 3. The van der Waals surface area contributed by atoms with E-state index in [1.54, 1.807) is 0 Å². The quantitative estimate of drug-likeness (QED) is 0.334. The Morgan fingerprint density at radius 2 is 1.41 bits per heavy atom. The number of carboxylic acid groups (broad SMARTS) is 3. The first-order valence-electron chi connectivity index (χ1n) is 4.06.